The van der Waals surface area contributed by atoms with Crippen molar-refractivity contribution in [3.05, 3.63) is 29.3 Å². The molecule has 0 saturated carbocycles. The summed E-state index contributed by atoms with van der Waals surface area (Å²) in [6, 6.07) is 5.94. The number of amides is 2. The molecule has 5 nitrogen and oxygen atoms in total. The van der Waals surface area contributed by atoms with Crippen molar-refractivity contribution in [1.29, 1.82) is 0 Å². The van der Waals surface area contributed by atoms with E-state index in [1.807, 2.05) is 6.07 Å². The van der Waals surface area contributed by atoms with E-state index in [4.69, 9.17) is 4.74 Å². The largest absolute Gasteiger partial charge is 0.395 e. The summed E-state index contributed by atoms with van der Waals surface area (Å²) in [7, 11) is 1.60. The second-order valence-electron chi connectivity index (χ2n) is 6.25. The van der Waals surface area contributed by atoms with Crippen LogP contribution in [0.25, 0.3) is 0 Å². The first-order valence-corrected chi connectivity index (χ1v) is 8.20. The molecule has 2 N–H and O–H groups in total. The number of anilines is 1. The van der Waals surface area contributed by atoms with Gasteiger partial charge >= 0.3 is 6.03 Å². The third-order valence-electron chi connectivity index (χ3n) is 3.83. The average molecular weight is 322 g/mol. The molecule has 0 fully saturated rings. The highest BCUT2D eigenvalue weighted by atomic mass is 16.5. The monoisotopic (exact) mass is 322 g/mol. The highest BCUT2D eigenvalue weighted by molar-refractivity contribution is 5.91. The van der Waals surface area contributed by atoms with Crippen LogP contribution in [0.3, 0.4) is 0 Å². The predicted octanol–water partition coefficient (Wildman–Crippen LogP) is 3.41. The summed E-state index contributed by atoms with van der Waals surface area (Å²) >= 11 is 0. The molecule has 0 aliphatic rings. The first-order chi connectivity index (χ1) is 10.9. The molecule has 5 heteroatoms. The van der Waals surface area contributed by atoms with Crippen molar-refractivity contribution < 1.29 is 14.6 Å². The van der Waals surface area contributed by atoms with Crippen LogP contribution in [0.5, 0.6) is 0 Å². The number of urea groups is 1. The van der Waals surface area contributed by atoms with E-state index in [9.17, 15) is 9.90 Å². The molecular weight excluding hydrogens is 292 g/mol. The minimum Gasteiger partial charge on any atom is -0.395 e. The fourth-order valence-electron chi connectivity index (χ4n) is 2.52. The Kier molecular flexibility index (Phi) is 8.06. The lowest BCUT2D eigenvalue weighted by molar-refractivity contribution is 0.142. The Morgan fingerprint density at radius 1 is 1.17 bits per heavy atom. The van der Waals surface area contributed by atoms with Crippen molar-refractivity contribution in [3.8, 4) is 0 Å². The quantitative estimate of drug-likeness (QED) is 0.771. The van der Waals surface area contributed by atoms with Crippen LogP contribution in [0.4, 0.5) is 10.5 Å². The van der Waals surface area contributed by atoms with Gasteiger partial charge in [0.2, 0.25) is 0 Å². The van der Waals surface area contributed by atoms with Crippen molar-refractivity contribution in [2.75, 3.05) is 38.7 Å². The SMILES string of the molecule is COCCN(CCO)C(=O)Nc1c(C(C)C)cccc1C(C)C. The topological polar surface area (TPSA) is 61.8 Å². The number of rotatable bonds is 8. The van der Waals surface area contributed by atoms with Crippen LogP contribution < -0.4 is 5.32 Å². The van der Waals surface area contributed by atoms with Gasteiger partial charge in [0.1, 0.15) is 0 Å². The highest BCUT2D eigenvalue weighted by Crippen LogP contribution is 2.32. The maximum Gasteiger partial charge on any atom is 0.322 e. The van der Waals surface area contributed by atoms with Crippen molar-refractivity contribution in [2.45, 2.75) is 39.5 Å². The summed E-state index contributed by atoms with van der Waals surface area (Å²) < 4.78 is 5.04. The third kappa shape index (κ3) is 5.52. The highest BCUT2D eigenvalue weighted by Gasteiger charge is 2.19. The molecule has 0 spiro atoms. The second kappa shape index (κ2) is 9.53. The molecule has 1 aromatic carbocycles. The van der Waals surface area contributed by atoms with Gasteiger partial charge in [0.25, 0.3) is 0 Å². The summed E-state index contributed by atoms with van der Waals surface area (Å²) in [5, 5.41) is 12.2. The van der Waals surface area contributed by atoms with Crippen LogP contribution >= 0.6 is 0 Å². The number of ether oxygens (including phenoxy) is 1. The Bertz CT molecular complexity index is 475. The number of para-hydroxylation sites is 1. The van der Waals surface area contributed by atoms with E-state index in [1.54, 1.807) is 12.0 Å². The summed E-state index contributed by atoms with van der Waals surface area (Å²) in [5.74, 6) is 0.628. The molecular formula is C18H30N2O3. The number of hydrogen-bond acceptors (Lipinski definition) is 3. The second-order valence-corrected chi connectivity index (χ2v) is 6.25. The smallest absolute Gasteiger partial charge is 0.322 e. The van der Waals surface area contributed by atoms with Gasteiger partial charge in [0.05, 0.1) is 13.2 Å². The molecule has 0 unspecified atom stereocenters. The Morgan fingerprint density at radius 3 is 2.17 bits per heavy atom. The molecule has 0 aliphatic heterocycles. The van der Waals surface area contributed by atoms with Gasteiger partial charge in [-0.1, -0.05) is 45.9 Å². The third-order valence-corrected chi connectivity index (χ3v) is 3.83. The molecule has 2 amide bonds. The van der Waals surface area contributed by atoms with Crippen molar-refractivity contribution in [3.63, 3.8) is 0 Å². The summed E-state index contributed by atoms with van der Waals surface area (Å²) in [5.41, 5.74) is 3.14. The van der Waals surface area contributed by atoms with E-state index in [1.165, 1.54) is 0 Å². The van der Waals surface area contributed by atoms with E-state index >= 15 is 0 Å². The summed E-state index contributed by atoms with van der Waals surface area (Å²) in [6.45, 7) is 9.57. The van der Waals surface area contributed by atoms with E-state index in [0.29, 0.717) is 25.0 Å². The first-order valence-electron chi connectivity index (χ1n) is 8.20. The van der Waals surface area contributed by atoms with Crippen molar-refractivity contribution in [2.24, 2.45) is 0 Å². The molecule has 1 aromatic rings. The molecule has 0 radical (unpaired) electrons. The summed E-state index contributed by atoms with van der Waals surface area (Å²) in [4.78, 5) is 14.2. The van der Waals surface area contributed by atoms with Crippen molar-refractivity contribution >= 4 is 11.7 Å². The Balaban J connectivity index is 3.07. The first kappa shape index (κ1) is 19.5. The van der Waals surface area contributed by atoms with Gasteiger partial charge in [-0.05, 0) is 23.0 Å². The van der Waals surface area contributed by atoms with Gasteiger partial charge in [-0.3, -0.25) is 0 Å². The van der Waals surface area contributed by atoms with Crippen LogP contribution in [0.15, 0.2) is 18.2 Å². The van der Waals surface area contributed by atoms with Gasteiger partial charge in [0.15, 0.2) is 0 Å². The standard InChI is InChI=1S/C18H30N2O3/c1-13(2)15-7-6-8-16(14(3)4)17(15)19-18(22)20(9-11-21)10-12-23-5/h6-8,13-14,21H,9-12H2,1-5H3,(H,19,22). The molecule has 0 saturated heterocycles. The molecule has 1 rings (SSSR count). The fourth-order valence-corrected chi connectivity index (χ4v) is 2.52. The zero-order valence-corrected chi connectivity index (χ0v) is 14.9. The van der Waals surface area contributed by atoms with Gasteiger partial charge in [-0.15, -0.1) is 0 Å². The minimum absolute atomic E-state index is 0.0694. The molecule has 0 atom stereocenters. The minimum atomic E-state index is -0.203. The average Bonchev–Trinajstić information content (AvgIpc) is 2.50. The number of carbonyl (C=O) groups excluding carboxylic acids is 1. The van der Waals surface area contributed by atoms with Gasteiger partial charge in [0, 0.05) is 25.9 Å². The molecule has 0 aromatic heterocycles. The van der Waals surface area contributed by atoms with Crippen molar-refractivity contribution in [1.82, 2.24) is 4.90 Å². The number of nitrogens with one attached hydrogen (secondary N) is 1. The maximum absolute atomic E-state index is 12.6. The number of nitrogens with zero attached hydrogens (tertiary/aromatic N) is 1. The molecule has 23 heavy (non-hydrogen) atoms. The molecule has 0 aliphatic carbocycles. The number of benzene rings is 1. The van der Waals surface area contributed by atoms with Crippen LogP contribution in [0, 0.1) is 0 Å². The normalized spacial score (nSPS) is 11.1. The Hall–Kier alpha value is -1.59. The lowest BCUT2D eigenvalue weighted by Gasteiger charge is -2.25. The van der Waals surface area contributed by atoms with E-state index in [2.05, 4.69) is 45.1 Å². The lowest BCUT2D eigenvalue weighted by Crippen LogP contribution is -2.39. The summed E-state index contributed by atoms with van der Waals surface area (Å²) in [6.07, 6.45) is 0. The van der Waals surface area contributed by atoms with Gasteiger partial charge < -0.3 is 20.1 Å². The van der Waals surface area contributed by atoms with E-state index in [-0.39, 0.29) is 19.2 Å². The predicted molar refractivity (Wildman–Crippen MR) is 94.2 cm³/mol. The molecule has 130 valence electrons. The zero-order valence-electron chi connectivity index (χ0n) is 14.9. The number of aliphatic hydroxyl groups is 1. The van der Waals surface area contributed by atoms with E-state index in [0.717, 1.165) is 16.8 Å². The lowest BCUT2D eigenvalue weighted by atomic mass is 9.93. The van der Waals surface area contributed by atoms with Crippen LogP contribution in [-0.4, -0.2) is 49.5 Å². The maximum atomic E-state index is 12.6. The number of aliphatic hydroxyl groups excluding tert-OH is 1. The van der Waals surface area contributed by atoms with Crippen LogP contribution in [-0.2, 0) is 4.74 Å². The Labute approximate surface area is 139 Å². The zero-order chi connectivity index (χ0) is 17.4. The van der Waals surface area contributed by atoms with E-state index < -0.39 is 0 Å². The van der Waals surface area contributed by atoms with Gasteiger partial charge in [-0.2, -0.15) is 0 Å². The Morgan fingerprint density at radius 2 is 1.74 bits per heavy atom. The molecule has 0 bridgehead atoms. The van der Waals surface area contributed by atoms with Crippen LogP contribution in [0.2, 0.25) is 0 Å². The fraction of sp³-hybridized carbons (Fsp3) is 0.611. The van der Waals surface area contributed by atoms with Gasteiger partial charge in [-0.25, -0.2) is 4.79 Å². The number of methoxy groups -OCH3 is 1. The number of hydrogen-bond donors (Lipinski definition) is 2. The van der Waals surface area contributed by atoms with Crippen LogP contribution in [0.1, 0.15) is 50.7 Å². The number of carbonyl (C=O) groups is 1. The molecule has 0 heterocycles.